The molecule has 1 aromatic carbocycles. The maximum Gasteiger partial charge on any atom is 0.335 e. The molecule has 4 nitrogen and oxygen atoms in total. The summed E-state index contributed by atoms with van der Waals surface area (Å²) in [6.45, 7) is 0. The van der Waals surface area contributed by atoms with Crippen LogP contribution in [-0.2, 0) is 0 Å². The maximum absolute atomic E-state index is 10.8. The first-order chi connectivity index (χ1) is 8.46. The Labute approximate surface area is 84.1 Å². The van der Waals surface area contributed by atoms with Crippen LogP contribution >= 0.6 is 0 Å². The average Bonchev–Trinajstić information content (AvgIpc) is 2.10. The molecule has 0 saturated carbocycles. The number of carboxylic acids is 1. The summed E-state index contributed by atoms with van der Waals surface area (Å²) in [5, 5.41) is 8.84. The van der Waals surface area contributed by atoms with Gasteiger partial charge < -0.3 is 14.6 Å². The monoisotopic (exact) mass is 188 g/mol. The molecule has 0 aliphatic rings. The third kappa shape index (κ3) is 2.11. The van der Waals surface area contributed by atoms with Crippen molar-refractivity contribution >= 4 is 5.97 Å². The van der Waals surface area contributed by atoms with Crippen molar-refractivity contribution in [3.8, 4) is 11.5 Å². The van der Waals surface area contributed by atoms with Gasteiger partial charge in [0.05, 0.1) is 27.9 Å². The van der Waals surface area contributed by atoms with E-state index in [9.17, 15) is 4.79 Å². The van der Waals surface area contributed by atoms with Gasteiger partial charge in [0.1, 0.15) is 11.5 Å². The van der Waals surface area contributed by atoms with E-state index in [0.29, 0.717) is 0 Å². The first-order valence-corrected chi connectivity index (χ1v) is 3.23. The SMILES string of the molecule is [2H]C([2H])([2H])Oc1cc(OC([2H])([2H])[2H])cc(C(=O)O)c1. The molecular formula is C9H10O4. The summed E-state index contributed by atoms with van der Waals surface area (Å²) in [5.74, 6) is -2.01. The van der Waals surface area contributed by atoms with Crippen molar-refractivity contribution in [2.24, 2.45) is 0 Å². The van der Waals surface area contributed by atoms with Crippen LogP contribution in [-0.4, -0.2) is 25.2 Å². The lowest BCUT2D eigenvalue weighted by Gasteiger charge is -2.05. The number of hydrogen-bond donors (Lipinski definition) is 1. The second-order valence-electron chi connectivity index (χ2n) is 2.20. The molecule has 0 atom stereocenters. The predicted molar refractivity (Wildman–Crippen MR) is 46.5 cm³/mol. The Kier molecular flexibility index (Phi) is 1.17. The highest BCUT2D eigenvalue weighted by atomic mass is 16.5. The molecule has 4 heteroatoms. The molecule has 0 saturated heterocycles. The van der Waals surface area contributed by atoms with Crippen LogP contribution in [0, 0.1) is 0 Å². The van der Waals surface area contributed by atoms with Crippen molar-refractivity contribution in [3.63, 3.8) is 0 Å². The van der Waals surface area contributed by atoms with E-state index in [1.54, 1.807) is 0 Å². The second-order valence-corrected chi connectivity index (χ2v) is 2.20. The topological polar surface area (TPSA) is 55.8 Å². The highest BCUT2D eigenvalue weighted by Gasteiger charge is 2.07. The van der Waals surface area contributed by atoms with Gasteiger partial charge in [0.2, 0.25) is 0 Å². The Morgan fingerprint density at radius 1 is 1.31 bits per heavy atom. The smallest absolute Gasteiger partial charge is 0.335 e. The van der Waals surface area contributed by atoms with Crippen molar-refractivity contribution < 1.29 is 27.6 Å². The molecule has 0 aliphatic carbocycles. The molecule has 0 spiro atoms. The minimum Gasteiger partial charge on any atom is -0.497 e. The fourth-order valence-corrected chi connectivity index (χ4v) is 0.813. The number of benzene rings is 1. The van der Waals surface area contributed by atoms with Gasteiger partial charge in [-0.15, -0.1) is 0 Å². The molecule has 0 fully saturated rings. The number of ether oxygens (including phenoxy) is 2. The van der Waals surface area contributed by atoms with Gasteiger partial charge in [0.15, 0.2) is 0 Å². The third-order valence-electron chi connectivity index (χ3n) is 1.36. The fraction of sp³-hybridized carbons (Fsp3) is 0.222. The molecule has 0 bridgehead atoms. The van der Waals surface area contributed by atoms with Crippen molar-refractivity contribution in [2.75, 3.05) is 14.1 Å². The number of carbonyl (C=O) groups is 1. The number of methoxy groups -OCH3 is 2. The Morgan fingerprint density at radius 3 is 2.23 bits per heavy atom. The summed E-state index contributed by atoms with van der Waals surface area (Å²) >= 11 is 0. The second kappa shape index (κ2) is 3.80. The zero-order valence-corrected chi connectivity index (χ0v) is 6.40. The third-order valence-corrected chi connectivity index (χ3v) is 1.36. The Balaban J connectivity index is 3.14. The lowest BCUT2D eigenvalue weighted by atomic mass is 10.2. The van der Waals surface area contributed by atoms with E-state index in [-0.39, 0.29) is 17.1 Å². The Bertz CT molecular complexity index is 444. The number of carboxylic acid groups (broad SMARTS) is 1. The number of aromatic carboxylic acids is 1. The number of rotatable bonds is 3. The van der Waals surface area contributed by atoms with Gasteiger partial charge >= 0.3 is 5.97 Å². The summed E-state index contributed by atoms with van der Waals surface area (Å²) in [4.78, 5) is 10.8. The van der Waals surface area contributed by atoms with Gasteiger partial charge in [-0.3, -0.25) is 0 Å². The van der Waals surface area contributed by atoms with Crippen molar-refractivity contribution in [2.45, 2.75) is 0 Å². The molecule has 0 unspecified atom stereocenters. The molecule has 0 aromatic heterocycles. The minimum absolute atomic E-state index is 0.320. The summed E-state index contributed by atoms with van der Waals surface area (Å²) in [7, 11) is -5.57. The summed E-state index contributed by atoms with van der Waals surface area (Å²) < 4.78 is 50.5. The molecular weight excluding hydrogens is 172 g/mol. The lowest BCUT2D eigenvalue weighted by Crippen LogP contribution is -1.98. The molecule has 13 heavy (non-hydrogen) atoms. The summed E-state index contributed by atoms with van der Waals surface area (Å²) in [6.07, 6.45) is 0. The van der Waals surface area contributed by atoms with Gasteiger partial charge in [-0.1, -0.05) is 0 Å². The average molecular weight is 188 g/mol. The summed E-state index contributed by atoms with van der Waals surface area (Å²) in [5.41, 5.74) is -0.346. The first kappa shape index (κ1) is 4.00. The highest BCUT2D eigenvalue weighted by Crippen LogP contribution is 2.22. The van der Waals surface area contributed by atoms with Crippen LogP contribution < -0.4 is 9.47 Å². The van der Waals surface area contributed by atoms with E-state index in [1.807, 2.05) is 0 Å². The molecule has 1 rings (SSSR count). The van der Waals surface area contributed by atoms with Crippen molar-refractivity contribution in [3.05, 3.63) is 23.8 Å². The predicted octanol–water partition coefficient (Wildman–Crippen LogP) is 1.40. The van der Waals surface area contributed by atoms with Crippen LogP contribution in [0.15, 0.2) is 18.2 Å². The van der Waals surface area contributed by atoms with Crippen LogP contribution in [0.4, 0.5) is 0 Å². The van der Waals surface area contributed by atoms with Crippen molar-refractivity contribution in [1.82, 2.24) is 0 Å². The quantitative estimate of drug-likeness (QED) is 0.779. The van der Waals surface area contributed by atoms with E-state index in [0.717, 1.165) is 18.2 Å². The van der Waals surface area contributed by atoms with Crippen LogP contribution in [0.3, 0.4) is 0 Å². The lowest BCUT2D eigenvalue weighted by molar-refractivity contribution is 0.0696. The van der Waals surface area contributed by atoms with E-state index in [1.165, 1.54) is 0 Å². The molecule has 0 heterocycles. The zero-order chi connectivity index (χ0) is 14.8. The van der Waals surface area contributed by atoms with Crippen LogP contribution in [0.2, 0.25) is 0 Å². The largest absolute Gasteiger partial charge is 0.497 e. The van der Waals surface area contributed by atoms with Crippen LogP contribution in [0.25, 0.3) is 0 Å². The molecule has 0 aliphatic heterocycles. The standard InChI is InChI=1S/C9H10O4/c1-12-7-3-6(9(10)11)4-8(5-7)13-2/h3-5H,1-2H3,(H,10,11)/i1D3,2D3. The van der Waals surface area contributed by atoms with Crippen molar-refractivity contribution in [1.29, 1.82) is 0 Å². The minimum atomic E-state index is -2.78. The summed E-state index contributed by atoms with van der Waals surface area (Å²) in [6, 6.07) is 2.91. The molecule has 1 aromatic rings. The fourth-order valence-electron chi connectivity index (χ4n) is 0.813. The normalized spacial score (nSPS) is 18.2. The van der Waals surface area contributed by atoms with Gasteiger partial charge in [-0.2, -0.15) is 0 Å². The molecule has 0 radical (unpaired) electrons. The highest BCUT2D eigenvalue weighted by molar-refractivity contribution is 5.88. The maximum atomic E-state index is 10.8. The number of hydrogen-bond acceptors (Lipinski definition) is 3. The van der Waals surface area contributed by atoms with E-state index >= 15 is 0 Å². The molecule has 0 amide bonds. The van der Waals surface area contributed by atoms with E-state index in [4.69, 9.17) is 13.3 Å². The zero-order valence-electron chi connectivity index (χ0n) is 12.4. The van der Waals surface area contributed by atoms with E-state index < -0.39 is 20.0 Å². The first-order valence-electron chi connectivity index (χ1n) is 6.23. The van der Waals surface area contributed by atoms with Gasteiger partial charge in [-0.05, 0) is 12.1 Å². The van der Waals surface area contributed by atoms with Gasteiger partial charge in [0.25, 0.3) is 0 Å². The van der Waals surface area contributed by atoms with Gasteiger partial charge in [0, 0.05) is 6.07 Å². The van der Waals surface area contributed by atoms with Crippen LogP contribution in [0.5, 0.6) is 11.5 Å². The molecule has 1 N–H and O–H groups in total. The van der Waals surface area contributed by atoms with Crippen LogP contribution in [0.1, 0.15) is 18.6 Å². The Hall–Kier alpha value is -1.71. The van der Waals surface area contributed by atoms with E-state index in [2.05, 4.69) is 9.47 Å². The van der Waals surface area contributed by atoms with Gasteiger partial charge in [-0.25, -0.2) is 4.79 Å². The molecule has 70 valence electrons. The Morgan fingerprint density at radius 2 is 1.85 bits per heavy atom.